The van der Waals surface area contributed by atoms with Crippen molar-refractivity contribution in [3.05, 3.63) is 41.9 Å². The van der Waals surface area contributed by atoms with Crippen LogP contribution in [0.4, 0.5) is 0 Å². The van der Waals surface area contributed by atoms with E-state index in [-0.39, 0.29) is 0 Å². The zero-order valence-corrected chi connectivity index (χ0v) is 14.4. The van der Waals surface area contributed by atoms with E-state index < -0.39 is 5.60 Å². The number of methoxy groups -OCH3 is 1. The normalized spacial score (nSPS) is 11.9. The summed E-state index contributed by atoms with van der Waals surface area (Å²) in [4.78, 5) is 4.70. The van der Waals surface area contributed by atoms with Crippen molar-refractivity contribution in [3.8, 4) is 11.3 Å². The highest BCUT2D eigenvalue weighted by atomic mass is 16.5. The maximum atomic E-state index is 10.3. The number of hydrogen-bond acceptors (Lipinski definition) is 4. The molecule has 126 valence electrons. The summed E-state index contributed by atoms with van der Waals surface area (Å²) in [6, 6.07) is 10.1. The maximum Gasteiger partial charge on any atom is 0.135 e. The number of aliphatic hydroxyl groups is 1. The molecule has 1 heterocycles. The van der Waals surface area contributed by atoms with Crippen LogP contribution in [-0.2, 0) is 29.2 Å². The summed E-state index contributed by atoms with van der Waals surface area (Å²) < 4.78 is 12.9. The number of rotatable bonds is 8. The molecule has 2 rings (SSSR count). The standard InChI is InChI=1S/C18H26N2O3/c1-5-23-12-16-19-15(11-22-4)17(14-9-7-6-8-10-14)20(16)13-18(2,3)21/h6-10,21H,5,11-13H2,1-4H3. The lowest BCUT2D eigenvalue weighted by atomic mass is 10.1. The van der Waals surface area contributed by atoms with E-state index in [1.54, 1.807) is 21.0 Å². The van der Waals surface area contributed by atoms with Crippen LogP contribution < -0.4 is 0 Å². The van der Waals surface area contributed by atoms with Gasteiger partial charge >= 0.3 is 0 Å². The molecular weight excluding hydrogens is 292 g/mol. The predicted octanol–water partition coefficient (Wildman–Crippen LogP) is 3.00. The molecule has 0 saturated heterocycles. The molecule has 2 aromatic rings. The van der Waals surface area contributed by atoms with Gasteiger partial charge in [-0.25, -0.2) is 4.98 Å². The van der Waals surface area contributed by atoms with E-state index in [2.05, 4.69) is 0 Å². The van der Waals surface area contributed by atoms with Crippen LogP contribution in [-0.4, -0.2) is 34.0 Å². The fourth-order valence-electron chi connectivity index (χ4n) is 2.57. The van der Waals surface area contributed by atoms with Crippen LogP contribution in [0.25, 0.3) is 11.3 Å². The highest BCUT2D eigenvalue weighted by Gasteiger charge is 2.23. The van der Waals surface area contributed by atoms with Crippen LogP contribution in [0.2, 0.25) is 0 Å². The van der Waals surface area contributed by atoms with Crippen LogP contribution in [0.15, 0.2) is 30.3 Å². The van der Waals surface area contributed by atoms with Crippen LogP contribution >= 0.6 is 0 Å². The molecular formula is C18H26N2O3. The molecule has 0 aliphatic carbocycles. The highest BCUT2D eigenvalue weighted by molar-refractivity contribution is 5.63. The monoisotopic (exact) mass is 318 g/mol. The van der Waals surface area contributed by atoms with Gasteiger partial charge in [0.15, 0.2) is 0 Å². The Balaban J connectivity index is 2.56. The molecule has 0 amide bonds. The zero-order valence-electron chi connectivity index (χ0n) is 14.4. The Morgan fingerprint density at radius 3 is 2.43 bits per heavy atom. The third-order valence-electron chi connectivity index (χ3n) is 3.43. The molecule has 1 aromatic heterocycles. The minimum atomic E-state index is -0.852. The third kappa shape index (κ3) is 4.64. The molecule has 0 fully saturated rings. The Morgan fingerprint density at radius 1 is 1.17 bits per heavy atom. The van der Waals surface area contributed by atoms with Crippen LogP contribution in [0, 0.1) is 0 Å². The lowest BCUT2D eigenvalue weighted by Gasteiger charge is -2.22. The Labute approximate surface area is 137 Å². The van der Waals surface area contributed by atoms with Crippen molar-refractivity contribution in [2.24, 2.45) is 0 Å². The van der Waals surface area contributed by atoms with E-state index >= 15 is 0 Å². The molecule has 0 aliphatic heterocycles. The Hall–Kier alpha value is -1.69. The Kier molecular flexibility index (Phi) is 5.93. The molecule has 0 atom stereocenters. The van der Waals surface area contributed by atoms with Crippen molar-refractivity contribution in [1.82, 2.24) is 9.55 Å². The maximum absolute atomic E-state index is 10.3. The smallest absolute Gasteiger partial charge is 0.135 e. The topological polar surface area (TPSA) is 56.5 Å². The summed E-state index contributed by atoms with van der Waals surface area (Å²) in [6.07, 6.45) is 0. The first kappa shape index (κ1) is 17.7. The third-order valence-corrected chi connectivity index (χ3v) is 3.43. The summed E-state index contributed by atoms with van der Waals surface area (Å²) in [7, 11) is 1.66. The first-order valence-corrected chi connectivity index (χ1v) is 7.89. The van der Waals surface area contributed by atoms with E-state index in [1.165, 1.54) is 0 Å². The molecule has 23 heavy (non-hydrogen) atoms. The summed E-state index contributed by atoms with van der Waals surface area (Å²) in [6.45, 7) is 7.44. The summed E-state index contributed by atoms with van der Waals surface area (Å²) in [5, 5.41) is 10.3. The van der Waals surface area contributed by atoms with E-state index in [0.29, 0.717) is 26.4 Å². The van der Waals surface area contributed by atoms with Gasteiger partial charge in [-0.2, -0.15) is 0 Å². The fourth-order valence-corrected chi connectivity index (χ4v) is 2.57. The van der Waals surface area contributed by atoms with Gasteiger partial charge in [-0.1, -0.05) is 30.3 Å². The van der Waals surface area contributed by atoms with Crippen molar-refractivity contribution in [1.29, 1.82) is 0 Å². The van der Waals surface area contributed by atoms with E-state index in [9.17, 15) is 5.11 Å². The molecule has 0 bridgehead atoms. The number of imidazole rings is 1. The zero-order chi connectivity index (χ0) is 16.9. The fraction of sp³-hybridized carbons (Fsp3) is 0.500. The molecule has 0 saturated carbocycles. The first-order chi connectivity index (χ1) is 11.0. The quantitative estimate of drug-likeness (QED) is 0.813. The van der Waals surface area contributed by atoms with Crippen LogP contribution in [0.1, 0.15) is 32.3 Å². The minimum Gasteiger partial charge on any atom is -0.389 e. The molecule has 0 radical (unpaired) electrons. The molecule has 1 N–H and O–H groups in total. The lowest BCUT2D eigenvalue weighted by molar-refractivity contribution is 0.0574. The molecule has 1 aromatic carbocycles. The van der Waals surface area contributed by atoms with Gasteiger partial charge in [-0.05, 0) is 20.8 Å². The van der Waals surface area contributed by atoms with E-state index in [4.69, 9.17) is 14.5 Å². The number of nitrogens with zero attached hydrogens (tertiary/aromatic N) is 2. The van der Waals surface area contributed by atoms with E-state index in [0.717, 1.165) is 22.8 Å². The van der Waals surface area contributed by atoms with Crippen molar-refractivity contribution in [2.75, 3.05) is 13.7 Å². The predicted molar refractivity (Wildman–Crippen MR) is 90.0 cm³/mol. The number of hydrogen-bond donors (Lipinski definition) is 1. The molecule has 0 spiro atoms. The van der Waals surface area contributed by atoms with Crippen molar-refractivity contribution >= 4 is 0 Å². The molecule has 0 aliphatic rings. The van der Waals surface area contributed by atoms with Gasteiger partial charge in [0.1, 0.15) is 12.4 Å². The summed E-state index contributed by atoms with van der Waals surface area (Å²) >= 11 is 0. The van der Waals surface area contributed by atoms with Gasteiger partial charge in [-0.3, -0.25) is 0 Å². The second-order valence-corrected chi connectivity index (χ2v) is 6.16. The minimum absolute atomic E-state index is 0.413. The average Bonchev–Trinajstić information content (AvgIpc) is 2.82. The van der Waals surface area contributed by atoms with Gasteiger partial charge in [0.05, 0.1) is 30.1 Å². The Morgan fingerprint density at radius 2 is 1.87 bits per heavy atom. The molecule has 5 heteroatoms. The van der Waals surface area contributed by atoms with Crippen molar-refractivity contribution in [2.45, 2.75) is 46.1 Å². The van der Waals surface area contributed by atoms with Gasteiger partial charge in [0, 0.05) is 19.3 Å². The van der Waals surface area contributed by atoms with Gasteiger partial charge in [0.25, 0.3) is 0 Å². The van der Waals surface area contributed by atoms with E-state index in [1.807, 2.05) is 41.8 Å². The molecule has 0 unspecified atom stereocenters. The SMILES string of the molecule is CCOCc1nc(COC)c(-c2ccccc2)n1CC(C)(C)O. The highest BCUT2D eigenvalue weighted by Crippen LogP contribution is 2.28. The van der Waals surface area contributed by atoms with Gasteiger partial charge < -0.3 is 19.1 Å². The first-order valence-electron chi connectivity index (χ1n) is 7.89. The van der Waals surface area contributed by atoms with Crippen LogP contribution in [0.3, 0.4) is 0 Å². The number of ether oxygens (including phenoxy) is 2. The van der Waals surface area contributed by atoms with Crippen molar-refractivity contribution in [3.63, 3.8) is 0 Å². The molecule has 5 nitrogen and oxygen atoms in total. The average molecular weight is 318 g/mol. The van der Waals surface area contributed by atoms with Crippen LogP contribution in [0.5, 0.6) is 0 Å². The summed E-state index contributed by atoms with van der Waals surface area (Å²) in [5.41, 5.74) is 2.04. The second kappa shape index (κ2) is 7.73. The largest absolute Gasteiger partial charge is 0.389 e. The number of benzene rings is 1. The van der Waals surface area contributed by atoms with Gasteiger partial charge in [0.2, 0.25) is 0 Å². The lowest BCUT2D eigenvalue weighted by Crippen LogP contribution is -2.27. The van der Waals surface area contributed by atoms with Gasteiger partial charge in [-0.15, -0.1) is 0 Å². The second-order valence-electron chi connectivity index (χ2n) is 6.16. The Bertz CT molecular complexity index is 615. The number of aromatic nitrogens is 2. The summed E-state index contributed by atoms with van der Waals surface area (Å²) in [5.74, 6) is 0.805. The van der Waals surface area contributed by atoms with Crippen molar-refractivity contribution < 1.29 is 14.6 Å².